The van der Waals surface area contributed by atoms with Gasteiger partial charge in [0.15, 0.2) is 0 Å². The first-order valence-electron chi connectivity index (χ1n) is 3.71. The number of rotatable bonds is 2. The molecule has 0 spiro atoms. The number of hydrogen-bond donors (Lipinski definition) is 0. The van der Waals surface area contributed by atoms with Gasteiger partial charge in [0.2, 0.25) is 0 Å². The van der Waals surface area contributed by atoms with E-state index in [4.69, 9.17) is 5.26 Å². The predicted molar refractivity (Wildman–Crippen MR) is 46.7 cm³/mol. The summed E-state index contributed by atoms with van der Waals surface area (Å²) in [4.78, 5) is 0. The molecule has 1 aromatic carbocycles. The normalized spacial score (nSPS) is 11.0. The Balaban J connectivity index is 2.58. The maximum atomic E-state index is 11.9. The van der Waals surface area contributed by atoms with Gasteiger partial charge in [-0.25, -0.2) is 0 Å². The first-order valence-corrected chi connectivity index (χ1v) is 5.78. The Morgan fingerprint density at radius 1 is 1.21 bits per heavy atom. The average Bonchev–Trinajstić information content (AvgIpc) is 2.14. The fourth-order valence-corrected chi connectivity index (χ4v) is 1.94. The zero-order valence-corrected chi connectivity index (χ0v) is 8.72. The number of alkyl halides is 3. The van der Waals surface area contributed by atoms with Gasteiger partial charge >= 0.3 is 85.2 Å². The summed E-state index contributed by atoms with van der Waals surface area (Å²) >= 11 is -1.37. The molecular formula is C9H6F3NSe. The van der Waals surface area contributed by atoms with E-state index in [2.05, 4.69) is 0 Å². The van der Waals surface area contributed by atoms with Crippen LogP contribution in [0.4, 0.5) is 13.2 Å². The monoisotopic (exact) mass is 265 g/mol. The number of hydrogen-bond acceptors (Lipinski definition) is 1. The van der Waals surface area contributed by atoms with Gasteiger partial charge in [-0.1, -0.05) is 0 Å². The van der Waals surface area contributed by atoms with Crippen molar-refractivity contribution in [1.82, 2.24) is 0 Å². The van der Waals surface area contributed by atoms with Crippen LogP contribution in [-0.4, -0.2) is 20.0 Å². The van der Waals surface area contributed by atoms with E-state index in [0.717, 1.165) is 0 Å². The molecule has 0 fully saturated rings. The van der Waals surface area contributed by atoms with Gasteiger partial charge in [-0.3, -0.25) is 0 Å². The van der Waals surface area contributed by atoms with Crippen LogP contribution >= 0.6 is 0 Å². The minimum atomic E-state index is -4.05. The molecule has 0 heterocycles. The van der Waals surface area contributed by atoms with Gasteiger partial charge in [0.25, 0.3) is 0 Å². The quantitative estimate of drug-likeness (QED) is 0.752. The van der Waals surface area contributed by atoms with Crippen molar-refractivity contribution in [3.8, 4) is 6.07 Å². The van der Waals surface area contributed by atoms with E-state index in [0.29, 0.717) is 11.1 Å². The van der Waals surface area contributed by atoms with Crippen molar-refractivity contribution in [3.63, 3.8) is 0 Å². The zero-order valence-electron chi connectivity index (χ0n) is 7.01. The van der Waals surface area contributed by atoms with Crippen LogP contribution in [0, 0.1) is 11.3 Å². The summed E-state index contributed by atoms with van der Waals surface area (Å²) in [6.45, 7) is 0. The van der Waals surface area contributed by atoms with Gasteiger partial charge in [-0.05, 0) is 0 Å². The molecule has 1 aromatic rings. The Morgan fingerprint density at radius 2 is 1.79 bits per heavy atom. The number of nitriles is 1. The molecule has 74 valence electrons. The average molecular weight is 264 g/mol. The second-order valence-corrected chi connectivity index (χ2v) is 4.73. The van der Waals surface area contributed by atoms with Crippen molar-refractivity contribution in [1.29, 1.82) is 5.26 Å². The third kappa shape index (κ3) is 3.82. The summed E-state index contributed by atoms with van der Waals surface area (Å²) in [5.74, 6) is 0. The van der Waals surface area contributed by atoms with E-state index < -0.39 is 20.0 Å². The van der Waals surface area contributed by atoms with Crippen molar-refractivity contribution >= 4 is 15.0 Å². The van der Waals surface area contributed by atoms with Crippen molar-refractivity contribution in [2.24, 2.45) is 0 Å². The SMILES string of the molecule is N#Cc1ccc(C[Se]C(F)(F)F)cc1. The van der Waals surface area contributed by atoms with Crippen LogP contribution in [0.3, 0.4) is 0 Å². The van der Waals surface area contributed by atoms with Crippen molar-refractivity contribution < 1.29 is 13.2 Å². The van der Waals surface area contributed by atoms with E-state index in [1.807, 2.05) is 6.07 Å². The molecule has 5 heteroatoms. The molecule has 14 heavy (non-hydrogen) atoms. The van der Waals surface area contributed by atoms with E-state index in [1.54, 1.807) is 12.1 Å². The third-order valence-corrected chi connectivity index (χ3v) is 3.17. The zero-order chi connectivity index (χ0) is 10.6. The summed E-state index contributed by atoms with van der Waals surface area (Å²) in [5, 5.41) is 4.44. The molecule has 0 N–H and O–H groups in total. The van der Waals surface area contributed by atoms with Crippen molar-refractivity contribution in [2.75, 3.05) is 0 Å². The Labute approximate surface area is 85.7 Å². The topological polar surface area (TPSA) is 23.8 Å². The van der Waals surface area contributed by atoms with Crippen LogP contribution in [0.2, 0.25) is 0 Å². The molecule has 0 saturated carbocycles. The van der Waals surface area contributed by atoms with E-state index in [-0.39, 0.29) is 5.32 Å². The molecule has 0 aliphatic carbocycles. The summed E-state index contributed by atoms with van der Waals surface area (Å²) in [5.41, 5.74) is 1.09. The van der Waals surface area contributed by atoms with Crippen molar-refractivity contribution in [2.45, 2.75) is 10.4 Å². The Morgan fingerprint density at radius 3 is 2.21 bits per heavy atom. The van der Waals surface area contributed by atoms with E-state index in [1.165, 1.54) is 12.1 Å². The van der Waals surface area contributed by atoms with Crippen LogP contribution in [0.15, 0.2) is 24.3 Å². The first kappa shape index (κ1) is 11.1. The van der Waals surface area contributed by atoms with Gasteiger partial charge in [0, 0.05) is 0 Å². The molecule has 0 saturated heterocycles. The Kier molecular flexibility index (Phi) is 3.56. The van der Waals surface area contributed by atoms with E-state index >= 15 is 0 Å². The van der Waals surface area contributed by atoms with Crippen LogP contribution in [0.5, 0.6) is 0 Å². The fraction of sp³-hybridized carbons (Fsp3) is 0.222. The summed E-state index contributed by atoms with van der Waals surface area (Å²) < 4.78 is 35.6. The first-order chi connectivity index (χ1) is 6.51. The number of nitrogens with zero attached hydrogens (tertiary/aromatic N) is 1. The minimum absolute atomic E-state index is 0.0300. The third-order valence-electron chi connectivity index (χ3n) is 1.49. The van der Waals surface area contributed by atoms with Gasteiger partial charge in [-0.2, -0.15) is 0 Å². The summed E-state index contributed by atoms with van der Waals surface area (Å²) in [6.07, 6.45) is 0. The fourth-order valence-electron chi connectivity index (χ4n) is 0.841. The standard InChI is InChI=1S/C9H6F3NSe/c10-9(11,12)14-6-8-3-1-7(5-13)2-4-8/h1-4H,6H2. The summed E-state index contributed by atoms with van der Waals surface area (Å²) in [6, 6.07) is 8.09. The molecule has 0 radical (unpaired) electrons. The maximum absolute atomic E-state index is 11.9. The van der Waals surface area contributed by atoms with Crippen LogP contribution < -0.4 is 0 Å². The van der Waals surface area contributed by atoms with Gasteiger partial charge in [0.1, 0.15) is 0 Å². The molecule has 0 atom stereocenters. The second kappa shape index (κ2) is 4.49. The van der Waals surface area contributed by atoms with Crippen LogP contribution in [-0.2, 0) is 5.32 Å². The molecular weight excluding hydrogens is 258 g/mol. The molecule has 0 bridgehead atoms. The Bertz CT molecular complexity index is 337. The second-order valence-electron chi connectivity index (χ2n) is 2.54. The van der Waals surface area contributed by atoms with E-state index in [9.17, 15) is 13.2 Å². The molecule has 0 aliphatic rings. The molecule has 0 aliphatic heterocycles. The Hall–Kier alpha value is -0.981. The van der Waals surface area contributed by atoms with Gasteiger partial charge < -0.3 is 0 Å². The van der Waals surface area contributed by atoms with Crippen molar-refractivity contribution in [3.05, 3.63) is 35.4 Å². The number of halogens is 3. The molecule has 1 nitrogen and oxygen atoms in total. The van der Waals surface area contributed by atoms with Gasteiger partial charge in [0.05, 0.1) is 0 Å². The number of benzene rings is 1. The predicted octanol–water partition coefficient (Wildman–Crippen LogP) is 2.28. The van der Waals surface area contributed by atoms with Crippen LogP contribution in [0.1, 0.15) is 11.1 Å². The van der Waals surface area contributed by atoms with Gasteiger partial charge in [-0.15, -0.1) is 0 Å². The molecule has 0 amide bonds. The molecule has 1 rings (SSSR count). The summed E-state index contributed by atoms with van der Waals surface area (Å²) in [7, 11) is 0. The molecule has 0 aromatic heterocycles. The molecule has 0 unspecified atom stereocenters. The van der Waals surface area contributed by atoms with Crippen LogP contribution in [0.25, 0.3) is 0 Å².